The number of nitrogens with one attached hydrogen (secondary N) is 1. The number of hydrogen-bond acceptors (Lipinski definition) is 5. The van der Waals surface area contributed by atoms with E-state index in [-0.39, 0.29) is 11.8 Å². The summed E-state index contributed by atoms with van der Waals surface area (Å²) in [4.78, 5) is 31.8. The van der Waals surface area contributed by atoms with Crippen LogP contribution < -0.4 is 5.32 Å². The van der Waals surface area contributed by atoms with Crippen LogP contribution >= 0.6 is 11.3 Å². The van der Waals surface area contributed by atoms with E-state index in [1.54, 1.807) is 47.2 Å². The van der Waals surface area contributed by atoms with Crippen LogP contribution in [-0.4, -0.2) is 38.5 Å². The molecule has 0 unspecified atom stereocenters. The van der Waals surface area contributed by atoms with Crippen molar-refractivity contribution in [3.05, 3.63) is 94.7 Å². The molecule has 0 aliphatic carbocycles. The molecular weight excluding hydrogens is 398 g/mol. The van der Waals surface area contributed by atoms with Crippen LogP contribution in [0.15, 0.2) is 79.4 Å². The van der Waals surface area contributed by atoms with Crippen molar-refractivity contribution in [2.45, 2.75) is 6.54 Å². The number of thiophene rings is 1. The van der Waals surface area contributed by atoms with Gasteiger partial charge in [0.2, 0.25) is 0 Å². The second-order valence-corrected chi connectivity index (χ2v) is 7.74. The van der Waals surface area contributed by atoms with E-state index in [1.807, 2.05) is 42.5 Å². The summed E-state index contributed by atoms with van der Waals surface area (Å²) in [6.07, 6.45) is 3.06. The number of anilines is 1. The number of rotatable bonds is 6. The average molecular weight is 417 g/mol. The molecule has 7 nitrogen and oxygen atoms in total. The molecule has 2 amide bonds. The predicted octanol–water partition coefficient (Wildman–Crippen LogP) is 3.85. The molecule has 0 radical (unpaired) electrons. The first kappa shape index (κ1) is 19.5. The van der Waals surface area contributed by atoms with Crippen molar-refractivity contribution >= 4 is 28.8 Å². The smallest absolute Gasteiger partial charge is 0.265 e. The first-order chi connectivity index (χ1) is 14.6. The molecule has 0 aliphatic rings. The molecule has 8 heteroatoms. The zero-order chi connectivity index (χ0) is 20.9. The fourth-order valence-electron chi connectivity index (χ4n) is 2.92. The van der Waals surface area contributed by atoms with Crippen molar-refractivity contribution in [2.75, 3.05) is 12.4 Å². The van der Waals surface area contributed by atoms with Gasteiger partial charge >= 0.3 is 0 Å². The molecule has 2 aromatic carbocycles. The topological polar surface area (TPSA) is 80.1 Å². The van der Waals surface area contributed by atoms with E-state index in [2.05, 4.69) is 15.4 Å². The molecular formula is C22H19N5O2S. The Morgan fingerprint density at radius 3 is 2.43 bits per heavy atom. The number of amides is 2. The van der Waals surface area contributed by atoms with E-state index in [4.69, 9.17) is 0 Å². The van der Waals surface area contributed by atoms with Crippen molar-refractivity contribution in [3.63, 3.8) is 0 Å². The van der Waals surface area contributed by atoms with Gasteiger partial charge in [-0.2, -0.15) is 5.10 Å². The zero-order valence-electron chi connectivity index (χ0n) is 16.2. The Labute approximate surface area is 177 Å². The number of benzene rings is 2. The van der Waals surface area contributed by atoms with Gasteiger partial charge in [-0.25, -0.2) is 9.67 Å². The maximum absolute atomic E-state index is 12.7. The summed E-state index contributed by atoms with van der Waals surface area (Å²) in [6, 6.07) is 20.4. The van der Waals surface area contributed by atoms with E-state index >= 15 is 0 Å². The molecule has 0 spiro atoms. The maximum Gasteiger partial charge on any atom is 0.265 e. The lowest BCUT2D eigenvalue weighted by Crippen LogP contribution is -2.25. The summed E-state index contributed by atoms with van der Waals surface area (Å²) in [5.41, 5.74) is 2.56. The Hall–Kier alpha value is -3.78. The van der Waals surface area contributed by atoms with Gasteiger partial charge in [0, 0.05) is 19.3 Å². The van der Waals surface area contributed by atoms with Gasteiger partial charge < -0.3 is 10.2 Å². The van der Waals surface area contributed by atoms with Crippen LogP contribution in [0.3, 0.4) is 0 Å². The highest BCUT2D eigenvalue weighted by atomic mass is 32.1. The predicted molar refractivity (Wildman–Crippen MR) is 116 cm³/mol. The lowest BCUT2D eigenvalue weighted by Gasteiger charge is -2.16. The number of carbonyl (C=O) groups is 2. The summed E-state index contributed by atoms with van der Waals surface area (Å²) in [5.74, 6) is -0.363. The second kappa shape index (κ2) is 8.71. The first-order valence-corrected chi connectivity index (χ1v) is 10.1. The molecule has 2 aromatic heterocycles. The van der Waals surface area contributed by atoms with Gasteiger partial charge in [0.1, 0.15) is 12.7 Å². The Morgan fingerprint density at radius 2 is 1.73 bits per heavy atom. The van der Waals surface area contributed by atoms with Gasteiger partial charge in [0.15, 0.2) is 0 Å². The SMILES string of the molecule is CN(Cc1ccccc1)C(=O)c1ccc(C(=O)Nc2ccc(-n3cncn3)cc2)s1. The minimum atomic E-state index is -0.252. The van der Waals surface area contributed by atoms with Crippen LogP contribution in [0, 0.1) is 0 Å². The van der Waals surface area contributed by atoms with E-state index in [9.17, 15) is 9.59 Å². The first-order valence-electron chi connectivity index (χ1n) is 9.26. The molecule has 2 heterocycles. The number of hydrogen-bond donors (Lipinski definition) is 1. The molecule has 0 fully saturated rings. The monoisotopic (exact) mass is 417 g/mol. The minimum Gasteiger partial charge on any atom is -0.337 e. The van der Waals surface area contributed by atoms with E-state index in [1.165, 1.54) is 17.7 Å². The van der Waals surface area contributed by atoms with Crippen molar-refractivity contribution in [3.8, 4) is 5.69 Å². The number of carbonyl (C=O) groups excluding carboxylic acids is 2. The second-order valence-electron chi connectivity index (χ2n) is 6.65. The van der Waals surface area contributed by atoms with Gasteiger partial charge in [0.05, 0.1) is 15.4 Å². The molecule has 4 rings (SSSR count). The largest absolute Gasteiger partial charge is 0.337 e. The van der Waals surface area contributed by atoms with E-state index in [0.717, 1.165) is 11.3 Å². The Kier molecular flexibility index (Phi) is 5.67. The molecule has 30 heavy (non-hydrogen) atoms. The fourth-order valence-corrected chi connectivity index (χ4v) is 3.82. The summed E-state index contributed by atoms with van der Waals surface area (Å²) in [7, 11) is 1.76. The van der Waals surface area contributed by atoms with Crippen molar-refractivity contribution < 1.29 is 9.59 Å². The van der Waals surface area contributed by atoms with Gasteiger partial charge in [-0.15, -0.1) is 11.3 Å². The number of nitrogens with zero attached hydrogens (tertiary/aromatic N) is 4. The fraction of sp³-hybridized carbons (Fsp3) is 0.0909. The minimum absolute atomic E-state index is 0.111. The molecule has 1 N–H and O–H groups in total. The maximum atomic E-state index is 12.7. The van der Waals surface area contributed by atoms with E-state index in [0.29, 0.717) is 22.0 Å². The molecule has 0 saturated heterocycles. The molecule has 0 saturated carbocycles. The number of aromatic nitrogens is 3. The molecule has 0 aliphatic heterocycles. The van der Waals surface area contributed by atoms with Crippen LogP contribution in [0.5, 0.6) is 0 Å². The van der Waals surface area contributed by atoms with Crippen LogP contribution in [-0.2, 0) is 6.54 Å². The van der Waals surface area contributed by atoms with Crippen molar-refractivity contribution in [1.82, 2.24) is 19.7 Å². The zero-order valence-corrected chi connectivity index (χ0v) is 17.0. The highest BCUT2D eigenvalue weighted by molar-refractivity contribution is 7.16. The Morgan fingerprint density at radius 1 is 1.00 bits per heavy atom. The van der Waals surface area contributed by atoms with Gasteiger partial charge in [-0.1, -0.05) is 30.3 Å². The van der Waals surface area contributed by atoms with Crippen molar-refractivity contribution in [2.24, 2.45) is 0 Å². The summed E-state index contributed by atoms with van der Waals surface area (Å²) in [5, 5.41) is 6.92. The highest BCUT2D eigenvalue weighted by Crippen LogP contribution is 2.21. The quantitative estimate of drug-likeness (QED) is 0.517. The summed E-state index contributed by atoms with van der Waals surface area (Å²) < 4.78 is 1.63. The van der Waals surface area contributed by atoms with Crippen LogP contribution in [0.2, 0.25) is 0 Å². The Bertz CT molecular complexity index is 1140. The molecule has 0 atom stereocenters. The summed E-state index contributed by atoms with van der Waals surface area (Å²) >= 11 is 1.18. The third kappa shape index (κ3) is 4.44. The van der Waals surface area contributed by atoms with Gasteiger partial charge in [-0.3, -0.25) is 9.59 Å². The third-order valence-electron chi connectivity index (χ3n) is 4.46. The molecule has 150 valence electrons. The average Bonchev–Trinajstić information content (AvgIpc) is 3.47. The van der Waals surface area contributed by atoms with E-state index < -0.39 is 0 Å². The van der Waals surface area contributed by atoms with Crippen LogP contribution in [0.4, 0.5) is 5.69 Å². The van der Waals surface area contributed by atoms with Crippen LogP contribution in [0.1, 0.15) is 24.9 Å². The van der Waals surface area contributed by atoms with Gasteiger partial charge in [0.25, 0.3) is 11.8 Å². The highest BCUT2D eigenvalue weighted by Gasteiger charge is 2.17. The lowest BCUT2D eigenvalue weighted by molar-refractivity contribution is 0.0789. The summed E-state index contributed by atoms with van der Waals surface area (Å²) in [6.45, 7) is 0.511. The normalized spacial score (nSPS) is 10.6. The van der Waals surface area contributed by atoms with Crippen molar-refractivity contribution in [1.29, 1.82) is 0 Å². The lowest BCUT2D eigenvalue weighted by atomic mass is 10.2. The van der Waals surface area contributed by atoms with Crippen LogP contribution in [0.25, 0.3) is 5.69 Å². The van der Waals surface area contributed by atoms with Gasteiger partial charge in [-0.05, 0) is 42.0 Å². The molecule has 0 bridgehead atoms. The molecule has 4 aromatic rings. The third-order valence-corrected chi connectivity index (χ3v) is 5.53. The standard InChI is InChI=1S/C22H19N5O2S/c1-26(13-16-5-3-2-4-6-16)22(29)20-12-11-19(30-20)21(28)25-17-7-9-18(10-8-17)27-15-23-14-24-27/h2-12,14-15H,13H2,1H3,(H,25,28). The Balaban J connectivity index is 1.39.